The fourth-order valence-corrected chi connectivity index (χ4v) is 3.73. The molecular weight excluding hydrogens is 447 g/mol. The Hall–Kier alpha value is -2.96. The van der Waals surface area contributed by atoms with Crippen LogP contribution in [0.4, 0.5) is 5.69 Å². The minimum Gasteiger partial charge on any atom is -0.348 e. The van der Waals surface area contributed by atoms with Crippen LogP contribution in [0.3, 0.4) is 0 Å². The molecule has 3 aromatic rings. The third kappa shape index (κ3) is 5.44. The summed E-state index contributed by atoms with van der Waals surface area (Å²) in [5.74, 6) is 0.310. The van der Waals surface area contributed by atoms with Crippen LogP contribution < -0.4 is 10.2 Å². The van der Waals surface area contributed by atoms with Crippen LogP contribution in [0.5, 0.6) is 0 Å². The van der Waals surface area contributed by atoms with E-state index in [1.807, 2.05) is 18.2 Å². The number of hydrogen-bond acceptors (Lipinski definition) is 4. The molecule has 1 fully saturated rings. The van der Waals surface area contributed by atoms with Crippen molar-refractivity contribution in [2.75, 3.05) is 11.4 Å². The Kier molecular flexibility index (Phi) is 6.72. The average molecular weight is 469 g/mol. The highest BCUT2D eigenvalue weighted by Gasteiger charge is 2.27. The van der Waals surface area contributed by atoms with Gasteiger partial charge in [0.15, 0.2) is 0 Å². The van der Waals surface area contributed by atoms with E-state index in [-0.39, 0.29) is 11.8 Å². The summed E-state index contributed by atoms with van der Waals surface area (Å²) in [6.45, 7) is 2.60. The minimum absolute atomic E-state index is 0.0191. The molecule has 1 aromatic carbocycles. The summed E-state index contributed by atoms with van der Waals surface area (Å²) >= 11 is 12.3. The Bertz CT molecular complexity index is 1130. The van der Waals surface area contributed by atoms with Crippen LogP contribution in [0.2, 0.25) is 10.2 Å². The molecule has 0 spiro atoms. The molecule has 0 atom stereocenters. The molecule has 1 aliphatic rings. The fourth-order valence-electron chi connectivity index (χ4n) is 3.33. The second-order valence-electron chi connectivity index (χ2n) is 7.84. The molecule has 0 bridgehead atoms. The van der Waals surface area contributed by atoms with E-state index in [1.165, 1.54) is 6.20 Å². The molecule has 1 aliphatic carbocycles. The Labute approximate surface area is 196 Å². The van der Waals surface area contributed by atoms with E-state index in [2.05, 4.69) is 15.3 Å². The van der Waals surface area contributed by atoms with Gasteiger partial charge < -0.3 is 10.2 Å². The standard InChI is InChI=1S/C24H22Cl2N4O2/c1-15(31)30(14-16-2-3-16)22-8-6-18(10-20(22)25)21-7-5-19(13-27-21)24(32)29-12-17-4-9-23(26)28-11-17/h4-11,13,16H,2-3,12,14H2,1H3,(H,29,32). The monoisotopic (exact) mass is 468 g/mol. The molecule has 2 aromatic heterocycles. The highest BCUT2D eigenvalue weighted by molar-refractivity contribution is 6.34. The minimum atomic E-state index is -0.232. The fraction of sp³-hybridized carbons (Fsp3) is 0.250. The van der Waals surface area contributed by atoms with Gasteiger partial charge in [0.25, 0.3) is 5.91 Å². The van der Waals surface area contributed by atoms with Gasteiger partial charge in [-0.3, -0.25) is 14.6 Å². The van der Waals surface area contributed by atoms with E-state index in [1.54, 1.807) is 42.3 Å². The molecule has 1 saturated carbocycles. The summed E-state index contributed by atoms with van der Waals surface area (Å²) in [4.78, 5) is 34.6. The Morgan fingerprint density at radius 3 is 2.47 bits per heavy atom. The number of carbonyl (C=O) groups is 2. The van der Waals surface area contributed by atoms with E-state index in [9.17, 15) is 9.59 Å². The topological polar surface area (TPSA) is 75.2 Å². The molecule has 0 radical (unpaired) electrons. The van der Waals surface area contributed by atoms with Crippen LogP contribution in [0.1, 0.15) is 35.7 Å². The first kappa shape index (κ1) is 22.2. The molecular formula is C24H22Cl2N4O2. The first-order chi connectivity index (χ1) is 15.4. The number of pyridine rings is 2. The van der Waals surface area contributed by atoms with Gasteiger partial charge >= 0.3 is 0 Å². The maximum Gasteiger partial charge on any atom is 0.253 e. The van der Waals surface area contributed by atoms with Crippen LogP contribution in [-0.2, 0) is 11.3 Å². The number of nitrogens with zero attached hydrogens (tertiary/aromatic N) is 3. The number of benzene rings is 1. The summed E-state index contributed by atoms with van der Waals surface area (Å²) in [6, 6.07) is 12.5. The lowest BCUT2D eigenvalue weighted by atomic mass is 10.1. The van der Waals surface area contributed by atoms with Crippen LogP contribution in [0, 0.1) is 5.92 Å². The second-order valence-corrected chi connectivity index (χ2v) is 8.64. The van der Waals surface area contributed by atoms with Crippen molar-refractivity contribution in [2.24, 2.45) is 5.92 Å². The molecule has 4 rings (SSSR count). The smallest absolute Gasteiger partial charge is 0.253 e. The van der Waals surface area contributed by atoms with Crippen molar-refractivity contribution in [3.63, 3.8) is 0 Å². The summed E-state index contributed by atoms with van der Waals surface area (Å²) in [6.07, 6.45) is 5.46. The zero-order valence-electron chi connectivity index (χ0n) is 17.5. The Morgan fingerprint density at radius 1 is 1.06 bits per heavy atom. The number of hydrogen-bond donors (Lipinski definition) is 1. The number of aromatic nitrogens is 2. The van der Waals surface area contributed by atoms with Crippen molar-refractivity contribution in [3.8, 4) is 11.3 Å². The zero-order chi connectivity index (χ0) is 22.7. The van der Waals surface area contributed by atoms with Gasteiger partial charge in [-0.1, -0.05) is 35.3 Å². The number of amides is 2. The maximum absolute atomic E-state index is 12.4. The molecule has 32 heavy (non-hydrogen) atoms. The highest BCUT2D eigenvalue weighted by Crippen LogP contribution is 2.35. The number of halogens is 2. The van der Waals surface area contributed by atoms with E-state index in [4.69, 9.17) is 23.2 Å². The largest absolute Gasteiger partial charge is 0.348 e. The van der Waals surface area contributed by atoms with Gasteiger partial charge in [-0.25, -0.2) is 4.98 Å². The van der Waals surface area contributed by atoms with Gasteiger partial charge in [0.05, 0.1) is 22.0 Å². The maximum atomic E-state index is 12.4. The number of anilines is 1. The van der Waals surface area contributed by atoms with E-state index >= 15 is 0 Å². The van der Waals surface area contributed by atoms with Crippen molar-refractivity contribution in [3.05, 3.63) is 76.2 Å². The lowest BCUT2D eigenvalue weighted by Crippen LogP contribution is -2.30. The van der Waals surface area contributed by atoms with Gasteiger partial charge in [-0.15, -0.1) is 0 Å². The third-order valence-corrected chi connectivity index (χ3v) is 5.85. The first-order valence-electron chi connectivity index (χ1n) is 10.3. The van der Waals surface area contributed by atoms with Gasteiger partial charge in [0.2, 0.25) is 5.91 Å². The SMILES string of the molecule is CC(=O)N(CC1CC1)c1ccc(-c2ccc(C(=O)NCc3ccc(Cl)nc3)cn2)cc1Cl. The zero-order valence-corrected chi connectivity index (χ0v) is 19.0. The van der Waals surface area contributed by atoms with Gasteiger partial charge in [-0.2, -0.15) is 0 Å². The lowest BCUT2D eigenvalue weighted by Gasteiger charge is -2.22. The number of rotatable bonds is 7. The third-order valence-electron chi connectivity index (χ3n) is 5.32. The van der Waals surface area contributed by atoms with Crippen molar-refractivity contribution in [1.82, 2.24) is 15.3 Å². The summed E-state index contributed by atoms with van der Waals surface area (Å²) < 4.78 is 0. The first-order valence-corrected chi connectivity index (χ1v) is 11.1. The Morgan fingerprint density at radius 2 is 1.88 bits per heavy atom. The predicted molar refractivity (Wildman–Crippen MR) is 126 cm³/mol. The van der Waals surface area contributed by atoms with Crippen LogP contribution in [-0.4, -0.2) is 28.3 Å². The molecule has 0 unspecified atom stereocenters. The van der Waals surface area contributed by atoms with E-state index in [0.717, 1.165) is 24.0 Å². The van der Waals surface area contributed by atoms with Crippen molar-refractivity contribution in [1.29, 1.82) is 0 Å². The highest BCUT2D eigenvalue weighted by atomic mass is 35.5. The molecule has 2 heterocycles. The van der Waals surface area contributed by atoms with Crippen LogP contribution in [0.15, 0.2) is 54.9 Å². The van der Waals surface area contributed by atoms with E-state index < -0.39 is 0 Å². The normalized spacial score (nSPS) is 13.0. The number of carbonyl (C=O) groups excluding carboxylic acids is 2. The summed E-state index contributed by atoms with van der Waals surface area (Å²) in [7, 11) is 0. The summed E-state index contributed by atoms with van der Waals surface area (Å²) in [5, 5.41) is 3.74. The van der Waals surface area contributed by atoms with E-state index in [0.29, 0.717) is 46.1 Å². The van der Waals surface area contributed by atoms with Crippen LogP contribution in [0.25, 0.3) is 11.3 Å². The molecule has 0 aliphatic heterocycles. The summed E-state index contributed by atoms with van der Waals surface area (Å²) in [5.41, 5.74) is 3.51. The molecule has 0 saturated heterocycles. The molecule has 6 nitrogen and oxygen atoms in total. The Balaban J connectivity index is 1.43. The number of nitrogens with one attached hydrogen (secondary N) is 1. The van der Waals surface area contributed by atoms with Crippen molar-refractivity contribution in [2.45, 2.75) is 26.3 Å². The molecule has 164 valence electrons. The van der Waals surface area contributed by atoms with Crippen molar-refractivity contribution < 1.29 is 9.59 Å². The van der Waals surface area contributed by atoms with Gasteiger partial charge in [0, 0.05) is 38.0 Å². The molecule has 8 heteroatoms. The lowest BCUT2D eigenvalue weighted by molar-refractivity contribution is -0.116. The van der Waals surface area contributed by atoms with Crippen LogP contribution >= 0.6 is 23.2 Å². The van der Waals surface area contributed by atoms with Crippen molar-refractivity contribution >= 4 is 40.7 Å². The second kappa shape index (κ2) is 9.67. The predicted octanol–water partition coefficient (Wildman–Crippen LogP) is 5.14. The van der Waals surface area contributed by atoms with Gasteiger partial charge in [0.1, 0.15) is 5.15 Å². The van der Waals surface area contributed by atoms with Gasteiger partial charge in [-0.05, 0) is 54.7 Å². The quantitative estimate of drug-likeness (QED) is 0.486. The molecule has 2 amide bonds. The average Bonchev–Trinajstić information content (AvgIpc) is 3.61. The molecule has 1 N–H and O–H groups in total.